The second-order valence-corrected chi connectivity index (χ2v) is 6.40. The predicted molar refractivity (Wildman–Crippen MR) is 78.4 cm³/mol. The molecular formula is C15H16Cl2O4. The fourth-order valence-electron chi connectivity index (χ4n) is 2.57. The van der Waals surface area contributed by atoms with E-state index in [2.05, 4.69) is 0 Å². The average Bonchev–Trinajstić information content (AvgIpc) is 2.88. The number of esters is 1. The molecule has 0 spiro atoms. The molecule has 3 rings (SSSR count). The first-order valence-corrected chi connectivity index (χ1v) is 7.81. The number of halogens is 2. The van der Waals surface area contributed by atoms with E-state index in [9.17, 15) is 4.79 Å². The number of hydrogen-bond donors (Lipinski definition) is 0. The van der Waals surface area contributed by atoms with Crippen LogP contribution in [0.25, 0.3) is 0 Å². The van der Waals surface area contributed by atoms with Crippen LogP contribution < -0.4 is 0 Å². The third-order valence-corrected chi connectivity index (χ3v) is 4.39. The Bertz CT molecular complexity index is 496. The van der Waals surface area contributed by atoms with Gasteiger partial charge in [0.1, 0.15) is 18.1 Å². The molecule has 2 heterocycles. The van der Waals surface area contributed by atoms with Gasteiger partial charge in [-0.2, -0.15) is 0 Å². The molecule has 0 bridgehead atoms. The summed E-state index contributed by atoms with van der Waals surface area (Å²) >= 11 is 12.2. The van der Waals surface area contributed by atoms with Crippen LogP contribution in [-0.2, 0) is 19.0 Å². The molecule has 0 saturated carbocycles. The Hall–Kier alpha value is -0.810. The molecule has 5 atom stereocenters. The van der Waals surface area contributed by atoms with Gasteiger partial charge in [0.05, 0.1) is 6.10 Å². The molecule has 0 aromatic heterocycles. The molecule has 1 aromatic carbocycles. The van der Waals surface area contributed by atoms with Crippen molar-refractivity contribution in [2.45, 2.75) is 42.1 Å². The quantitative estimate of drug-likeness (QED) is 0.586. The van der Waals surface area contributed by atoms with Crippen molar-refractivity contribution in [3.8, 4) is 0 Å². The summed E-state index contributed by atoms with van der Waals surface area (Å²) in [5.41, 5.74) is 0.940. The zero-order valence-corrected chi connectivity index (χ0v) is 12.8. The van der Waals surface area contributed by atoms with E-state index in [1.807, 2.05) is 30.3 Å². The smallest absolute Gasteiger partial charge is 0.324 e. The van der Waals surface area contributed by atoms with Gasteiger partial charge >= 0.3 is 5.97 Å². The fraction of sp³-hybridized carbons (Fsp3) is 0.533. The van der Waals surface area contributed by atoms with Crippen LogP contribution in [0.3, 0.4) is 0 Å². The molecule has 114 valence electrons. The minimum atomic E-state index is -0.712. The molecular weight excluding hydrogens is 315 g/mol. The van der Waals surface area contributed by atoms with E-state index in [1.165, 1.54) is 0 Å². The topological polar surface area (TPSA) is 44.8 Å². The van der Waals surface area contributed by atoms with Crippen LogP contribution in [0.5, 0.6) is 0 Å². The van der Waals surface area contributed by atoms with Crippen molar-refractivity contribution >= 4 is 29.2 Å². The first kappa shape index (κ1) is 15.1. The number of carbonyl (C=O) groups excluding carboxylic acids is 1. The number of ether oxygens (including phenoxy) is 3. The number of alkyl halides is 2. The average molecular weight is 331 g/mol. The maximum Gasteiger partial charge on any atom is 0.324 e. The Morgan fingerprint density at radius 3 is 2.48 bits per heavy atom. The van der Waals surface area contributed by atoms with Crippen LogP contribution >= 0.6 is 23.2 Å². The highest BCUT2D eigenvalue weighted by Gasteiger charge is 2.40. The number of rotatable bonds is 1. The summed E-state index contributed by atoms with van der Waals surface area (Å²) < 4.78 is 17.0. The third kappa shape index (κ3) is 3.51. The highest BCUT2D eigenvalue weighted by Crippen LogP contribution is 2.35. The van der Waals surface area contributed by atoms with Gasteiger partial charge in [0.15, 0.2) is 6.29 Å². The van der Waals surface area contributed by atoms with Crippen molar-refractivity contribution in [3.63, 3.8) is 0 Å². The minimum absolute atomic E-state index is 0.139. The first-order chi connectivity index (χ1) is 10.1. The van der Waals surface area contributed by atoms with Crippen LogP contribution in [0.4, 0.5) is 0 Å². The highest BCUT2D eigenvalue weighted by atomic mass is 35.5. The second-order valence-electron chi connectivity index (χ2n) is 5.26. The van der Waals surface area contributed by atoms with E-state index in [0.717, 1.165) is 5.56 Å². The molecule has 2 fully saturated rings. The molecule has 2 aliphatic heterocycles. The lowest BCUT2D eigenvalue weighted by Crippen LogP contribution is -2.29. The second kappa shape index (κ2) is 6.53. The fourth-order valence-corrected chi connectivity index (χ4v) is 3.29. The lowest BCUT2D eigenvalue weighted by Gasteiger charge is -2.16. The number of cyclic esters (lactones) is 1. The van der Waals surface area contributed by atoms with Crippen molar-refractivity contribution in [2.24, 2.45) is 0 Å². The van der Waals surface area contributed by atoms with Gasteiger partial charge in [0, 0.05) is 10.9 Å². The maximum absolute atomic E-state index is 11.7. The SMILES string of the molecule is O=C1OC[C@H]2O[C@@H](c3ccccc3)O[C@H]2C[C@H](Cl)C[C@@H]1Cl. The summed E-state index contributed by atoms with van der Waals surface area (Å²) in [5.74, 6) is -0.449. The normalized spacial score (nSPS) is 37.0. The van der Waals surface area contributed by atoms with Gasteiger partial charge in [0.25, 0.3) is 0 Å². The monoisotopic (exact) mass is 330 g/mol. The van der Waals surface area contributed by atoms with Gasteiger partial charge in [-0.25, -0.2) is 0 Å². The van der Waals surface area contributed by atoms with Crippen molar-refractivity contribution in [1.29, 1.82) is 0 Å². The van der Waals surface area contributed by atoms with E-state index in [1.54, 1.807) is 0 Å². The van der Waals surface area contributed by atoms with Crippen molar-refractivity contribution in [1.82, 2.24) is 0 Å². The van der Waals surface area contributed by atoms with E-state index in [-0.39, 0.29) is 24.2 Å². The molecule has 2 aliphatic rings. The summed E-state index contributed by atoms with van der Waals surface area (Å²) in [7, 11) is 0. The Labute approximate surface area is 133 Å². The molecule has 0 radical (unpaired) electrons. The van der Waals surface area contributed by atoms with Crippen LogP contribution in [0.1, 0.15) is 24.7 Å². The molecule has 0 N–H and O–H groups in total. The van der Waals surface area contributed by atoms with Crippen LogP contribution in [0, 0.1) is 0 Å². The molecule has 21 heavy (non-hydrogen) atoms. The van der Waals surface area contributed by atoms with E-state index in [0.29, 0.717) is 12.8 Å². The zero-order valence-electron chi connectivity index (χ0n) is 11.3. The minimum Gasteiger partial charge on any atom is -0.462 e. The van der Waals surface area contributed by atoms with Crippen LogP contribution in [-0.4, -0.2) is 35.5 Å². The molecule has 6 heteroatoms. The molecule has 1 aromatic rings. The lowest BCUT2D eigenvalue weighted by molar-refractivity contribution is -0.147. The van der Waals surface area contributed by atoms with Crippen molar-refractivity contribution < 1.29 is 19.0 Å². The van der Waals surface area contributed by atoms with Gasteiger partial charge in [-0.05, 0) is 12.8 Å². The Morgan fingerprint density at radius 1 is 1.00 bits per heavy atom. The first-order valence-electron chi connectivity index (χ1n) is 6.94. The number of fused-ring (bicyclic) bond motifs is 1. The van der Waals surface area contributed by atoms with E-state index < -0.39 is 17.6 Å². The van der Waals surface area contributed by atoms with Crippen molar-refractivity contribution in [3.05, 3.63) is 35.9 Å². The molecule has 2 saturated heterocycles. The Balaban J connectivity index is 1.73. The van der Waals surface area contributed by atoms with Crippen molar-refractivity contribution in [2.75, 3.05) is 6.61 Å². The summed E-state index contributed by atoms with van der Waals surface area (Å²) in [5, 5.41) is -0.958. The number of carbonyl (C=O) groups is 1. The third-order valence-electron chi connectivity index (χ3n) is 3.68. The number of benzene rings is 1. The zero-order chi connectivity index (χ0) is 14.8. The van der Waals surface area contributed by atoms with Gasteiger partial charge in [-0.1, -0.05) is 30.3 Å². The Morgan fingerprint density at radius 2 is 1.71 bits per heavy atom. The largest absolute Gasteiger partial charge is 0.462 e. The van der Waals surface area contributed by atoms with Crippen LogP contribution in [0.2, 0.25) is 0 Å². The molecule has 0 aliphatic carbocycles. The predicted octanol–water partition coefficient (Wildman–Crippen LogP) is 3.02. The van der Waals surface area contributed by atoms with Gasteiger partial charge in [0.2, 0.25) is 0 Å². The summed E-state index contributed by atoms with van der Waals surface area (Å²) in [6.07, 6.45) is -0.0234. The standard InChI is InChI=1S/C15H16Cl2O4/c16-10-6-11(17)14(18)19-8-13-12(7-10)20-15(21-13)9-4-2-1-3-5-9/h1-5,10-13,15H,6-8H2/t10-,11+,12+,13-,15+/m1/s1. The summed E-state index contributed by atoms with van der Waals surface area (Å²) in [6, 6.07) is 9.67. The number of hydrogen-bond acceptors (Lipinski definition) is 4. The summed E-state index contributed by atoms with van der Waals surface area (Å²) in [6.45, 7) is 0.139. The van der Waals surface area contributed by atoms with Gasteiger partial charge in [-0.3, -0.25) is 4.79 Å². The van der Waals surface area contributed by atoms with Crippen LogP contribution in [0.15, 0.2) is 30.3 Å². The molecule has 0 amide bonds. The van der Waals surface area contributed by atoms with E-state index >= 15 is 0 Å². The van der Waals surface area contributed by atoms with E-state index in [4.69, 9.17) is 37.4 Å². The lowest BCUT2D eigenvalue weighted by atomic mass is 10.1. The van der Waals surface area contributed by atoms with Gasteiger partial charge < -0.3 is 14.2 Å². The summed E-state index contributed by atoms with van der Waals surface area (Å²) in [4.78, 5) is 11.7. The molecule has 0 unspecified atom stereocenters. The highest BCUT2D eigenvalue weighted by molar-refractivity contribution is 6.30. The van der Waals surface area contributed by atoms with Gasteiger partial charge in [-0.15, -0.1) is 23.2 Å². The molecule has 4 nitrogen and oxygen atoms in total. The maximum atomic E-state index is 11.7. The Kier molecular flexibility index (Phi) is 4.69.